The van der Waals surface area contributed by atoms with Crippen LogP contribution in [0.15, 0.2) is 11.4 Å². The van der Waals surface area contributed by atoms with Crippen molar-refractivity contribution in [2.75, 3.05) is 26.8 Å². The van der Waals surface area contributed by atoms with Gasteiger partial charge in [-0.1, -0.05) is 18.8 Å². The van der Waals surface area contributed by atoms with Crippen LogP contribution in [0, 0.1) is 23.7 Å². The Hall–Kier alpha value is -1.84. The van der Waals surface area contributed by atoms with E-state index in [4.69, 9.17) is 9.84 Å². The van der Waals surface area contributed by atoms with E-state index < -0.39 is 0 Å². The molecule has 0 aliphatic carbocycles. The van der Waals surface area contributed by atoms with E-state index in [2.05, 4.69) is 11.8 Å². The minimum Gasteiger partial charge on any atom is -0.469 e. The number of aliphatic hydroxyl groups excluding tert-OH is 1. The number of carbonyl (C=O) groups is 2. The number of thiophene rings is 1. The summed E-state index contributed by atoms with van der Waals surface area (Å²) in [5.74, 6) is 4.73. The average Bonchev–Trinajstić information content (AvgIpc) is 3.10. The van der Waals surface area contributed by atoms with Crippen molar-refractivity contribution in [3.8, 4) is 11.8 Å². The van der Waals surface area contributed by atoms with Gasteiger partial charge in [0.25, 0.3) is 5.91 Å². The van der Waals surface area contributed by atoms with Gasteiger partial charge in [-0.2, -0.15) is 0 Å². The van der Waals surface area contributed by atoms with Gasteiger partial charge in [-0.15, -0.1) is 11.3 Å². The second-order valence-corrected chi connectivity index (χ2v) is 5.86. The number of esters is 1. The van der Waals surface area contributed by atoms with Crippen molar-refractivity contribution in [3.05, 3.63) is 21.9 Å². The molecule has 2 unspecified atom stereocenters. The third-order valence-corrected chi connectivity index (χ3v) is 4.47. The highest BCUT2D eigenvalue weighted by Crippen LogP contribution is 2.27. The summed E-state index contributed by atoms with van der Waals surface area (Å²) in [5, 5.41) is 10.5. The van der Waals surface area contributed by atoms with E-state index in [1.165, 1.54) is 18.4 Å². The van der Waals surface area contributed by atoms with Gasteiger partial charge in [0.1, 0.15) is 11.5 Å². The Balaban J connectivity index is 2.15. The number of aliphatic hydroxyl groups is 1. The Labute approximate surface area is 127 Å². The average molecular weight is 307 g/mol. The maximum absolute atomic E-state index is 12.5. The highest BCUT2D eigenvalue weighted by molar-refractivity contribution is 7.12. The van der Waals surface area contributed by atoms with Crippen molar-refractivity contribution in [1.82, 2.24) is 4.90 Å². The first-order valence-electron chi connectivity index (χ1n) is 6.62. The molecule has 1 amide bonds. The summed E-state index contributed by atoms with van der Waals surface area (Å²) in [4.78, 5) is 26.4. The van der Waals surface area contributed by atoms with Crippen LogP contribution in [0.3, 0.4) is 0 Å². The number of likely N-dealkylation sites (tertiary alicyclic amines) is 1. The fourth-order valence-electron chi connectivity index (χ4n) is 2.44. The summed E-state index contributed by atoms with van der Waals surface area (Å²) < 4.78 is 4.78. The molecule has 1 aromatic heterocycles. The topological polar surface area (TPSA) is 66.8 Å². The molecule has 0 spiro atoms. The Morgan fingerprint density at radius 3 is 2.95 bits per heavy atom. The predicted octanol–water partition coefficient (Wildman–Crippen LogP) is 0.973. The molecule has 6 heteroatoms. The van der Waals surface area contributed by atoms with E-state index in [0.717, 1.165) is 0 Å². The normalized spacial score (nSPS) is 20.8. The fraction of sp³-hybridized carbons (Fsp3) is 0.467. The number of hydrogen-bond acceptors (Lipinski definition) is 5. The van der Waals surface area contributed by atoms with Crippen molar-refractivity contribution >= 4 is 23.2 Å². The Kier molecular flexibility index (Phi) is 4.99. The zero-order valence-electron chi connectivity index (χ0n) is 12.0. The number of hydrogen-bond donors (Lipinski definition) is 1. The Morgan fingerprint density at radius 1 is 1.52 bits per heavy atom. The van der Waals surface area contributed by atoms with E-state index in [0.29, 0.717) is 23.5 Å². The molecule has 2 rings (SSSR count). The van der Waals surface area contributed by atoms with Gasteiger partial charge in [0, 0.05) is 18.7 Å². The molecule has 1 aliphatic rings. The SMILES string of the molecule is COC(=O)C1CN(C(=O)c2sccc2C#CCO)CC1C. The summed E-state index contributed by atoms with van der Waals surface area (Å²) in [6, 6.07) is 1.76. The van der Waals surface area contributed by atoms with Gasteiger partial charge < -0.3 is 14.7 Å². The first-order chi connectivity index (χ1) is 10.1. The largest absolute Gasteiger partial charge is 0.469 e. The molecule has 2 atom stereocenters. The van der Waals surface area contributed by atoms with Gasteiger partial charge in [0.2, 0.25) is 0 Å². The molecule has 0 saturated carbocycles. The van der Waals surface area contributed by atoms with Gasteiger partial charge in [-0.3, -0.25) is 9.59 Å². The summed E-state index contributed by atoms with van der Waals surface area (Å²) in [6.07, 6.45) is 0. The van der Waals surface area contributed by atoms with E-state index in [9.17, 15) is 9.59 Å². The third kappa shape index (κ3) is 3.26. The van der Waals surface area contributed by atoms with Gasteiger partial charge in [0.05, 0.1) is 13.0 Å². The van der Waals surface area contributed by atoms with Crippen LogP contribution in [-0.4, -0.2) is 48.7 Å². The van der Waals surface area contributed by atoms with Crippen molar-refractivity contribution in [2.45, 2.75) is 6.92 Å². The summed E-state index contributed by atoms with van der Waals surface area (Å²) in [6.45, 7) is 2.60. The number of carbonyl (C=O) groups excluding carboxylic acids is 2. The lowest BCUT2D eigenvalue weighted by molar-refractivity contribution is -0.146. The van der Waals surface area contributed by atoms with Crippen LogP contribution in [0.5, 0.6) is 0 Å². The minimum absolute atomic E-state index is 0.0772. The van der Waals surface area contributed by atoms with Gasteiger partial charge in [-0.25, -0.2) is 0 Å². The lowest BCUT2D eigenvalue weighted by Gasteiger charge is -2.15. The van der Waals surface area contributed by atoms with Crippen LogP contribution in [-0.2, 0) is 9.53 Å². The molecule has 0 bridgehead atoms. The number of nitrogens with zero attached hydrogens (tertiary/aromatic N) is 1. The molecule has 112 valence electrons. The molecule has 21 heavy (non-hydrogen) atoms. The van der Waals surface area contributed by atoms with Crippen LogP contribution >= 0.6 is 11.3 Å². The molecule has 1 aromatic rings. The molecule has 0 aromatic carbocycles. The van der Waals surface area contributed by atoms with E-state index in [1.54, 1.807) is 16.3 Å². The van der Waals surface area contributed by atoms with Gasteiger partial charge >= 0.3 is 5.97 Å². The van der Waals surface area contributed by atoms with Crippen LogP contribution in [0.1, 0.15) is 22.2 Å². The molecule has 1 aliphatic heterocycles. The molecule has 1 saturated heterocycles. The minimum atomic E-state index is -0.274. The predicted molar refractivity (Wildman–Crippen MR) is 78.9 cm³/mol. The molecule has 1 N–H and O–H groups in total. The van der Waals surface area contributed by atoms with Crippen molar-refractivity contribution < 1.29 is 19.4 Å². The van der Waals surface area contributed by atoms with E-state index in [1.807, 2.05) is 6.92 Å². The lowest BCUT2D eigenvalue weighted by Crippen LogP contribution is -2.30. The quantitative estimate of drug-likeness (QED) is 0.653. The fourth-order valence-corrected chi connectivity index (χ4v) is 3.26. The second kappa shape index (κ2) is 6.74. The first kappa shape index (κ1) is 15.5. The molecular weight excluding hydrogens is 290 g/mol. The Bertz CT molecular complexity index is 598. The van der Waals surface area contributed by atoms with E-state index >= 15 is 0 Å². The number of methoxy groups -OCH3 is 1. The van der Waals surface area contributed by atoms with Gasteiger partial charge in [0.15, 0.2) is 0 Å². The molecule has 0 radical (unpaired) electrons. The molecule has 2 heterocycles. The maximum Gasteiger partial charge on any atom is 0.310 e. The number of amides is 1. The highest BCUT2D eigenvalue weighted by atomic mass is 32.1. The Morgan fingerprint density at radius 2 is 2.29 bits per heavy atom. The highest BCUT2D eigenvalue weighted by Gasteiger charge is 2.38. The van der Waals surface area contributed by atoms with Crippen LogP contribution in [0.25, 0.3) is 0 Å². The summed E-state index contributed by atoms with van der Waals surface area (Å²) in [5.41, 5.74) is 0.619. The zero-order chi connectivity index (χ0) is 15.4. The zero-order valence-corrected chi connectivity index (χ0v) is 12.8. The van der Waals surface area contributed by atoms with Crippen LogP contribution < -0.4 is 0 Å². The van der Waals surface area contributed by atoms with Gasteiger partial charge in [-0.05, 0) is 17.4 Å². The molecular formula is C15H17NO4S. The standard InChI is InChI=1S/C15H17NO4S/c1-10-8-16(9-12(10)15(19)20-2)14(18)13-11(4-3-6-17)5-7-21-13/h5,7,10,12,17H,6,8-9H2,1-2H3. The van der Waals surface area contributed by atoms with Crippen molar-refractivity contribution in [1.29, 1.82) is 0 Å². The molecule has 5 nitrogen and oxygen atoms in total. The monoisotopic (exact) mass is 307 g/mol. The second-order valence-electron chi connectivity index (χ2n) is 4.94. The van der Waals surface area contributed by atoms with Crippen LogP contribution in [0.4, 0.5) is 0 Å². The molecule has 1 fully saturated rings. The summed E-state index contributed by atoms with van der Waals surface area (Å²) >= 11 is 1.32. The first-order valence-corrected chi connectivity index (χ1v) is 7.50. The van der Waals surface area contributed by atoms with Crippen molar-refractivity contribution in [3.63, 3.8) is 0 Å². The van der Waals surface area contributed by atoms with Crippen molar-refractivity contribution in [2.24, 2.45) is 11.8 Å². The lowest BCUT2D eigenvalue weighted by atomic mass is 9.99. The summed E-state index contributed by atoms with van der Waals surface area (Å²) in [7, 11) is 1.36. The number of ether oxygens (including phenoxy) is 1. The van der Waals surface area contributed by atoms with E-state index in [-0.39, 0.29) is 30.3 Å². The number of rotatable bonds is 2. The maximum atomic E-state index is 12.5. The van der Waals surface area contributed by atoms with Crippen LogP contribution in [0.2, 0.25) is 0 Å². The smallest absolute Gasteiger partial charge is 0.310 e. The third-order valence-electron chi connectivity index (χ3n) is 3.57.